The highest BCUT2D eigenvalue weighted by atomic mass is 35.5. The number of piperidine rings is 1. The number of hydrogen-bond donors (Lipinski definition) is 1. The van der Waals surface area contributed by atoms with Crippen molar-refractivity contribution in [1.82, 2.24) is 19.3 Å². The Bertz CT molecular complexity index is 1180. The average molecular weight is 448 g/mol. The highest BCUT2D eigenvalue weighted by Gasteiger charge is 2.26. The van der Waals surface area contributed by atoms with Gasteiger partial charge in [-0.15, -0.1) is 11.6 Å². The van der Waals surface area contributed by atoms with Crippen molar-refractivity contribution in [3.05, 3.63) is 48.4 Å². The Kier molecular flexibility index (Phi) is 5.66. The van der Waals surface area contributed by atoms with E-state index in [9.17, 15) is 13.2 Å². The van der Waals surface area contributed by atoms with Gasteiger partial charge in [0.15, 0.2) is 5.65 Å². The summed E-state index contributed by atoms with van der Waals surface area (Å²) in [6.07, 6.45) is 4.62. The molecule has 2 aromatic heterocycles. The predicted molar refractivity (Wildman–Crippen MR) is 115 cm³/mol. The zero-order chi connectivity index (χ0) is 21.3. The van der Waals surface area contributed by atoms with E-state index in [1.807, 2.05) is 6.92 Å². The Morgan fingerprint density at radius 3 is 2.73 bits per heavy atom. The van der Waals surface area contributed by atoms with E-state index in [1.54, 1.807) is 30.3 Å². The monoisotopic (exact) mass is 447 g/mol. The molecule has 30 heavy (non-hydrogen) atoms. The van der Waals surface area contributed by atoms with Gasteiger partial charge < -0.3 is 10.2 Å². The maximum atomic E-state index is 13.1. The molecule has 3 aromatic rings. The molecule has 1 aliphatic heterocycles. The van der Waals surface area contributed by atoms with Crippen LogP contribution in [0.5, 0.6) is 0 Å². The van der Waals surface area contributed by atoms with Gasteiger partial charge in [-0.3, -0.25) is 4.79 Å². The second-order valence-electron chi connectivity index (χ2n) is 7.35. The molecular weight excluding hydrogens is 426 g/mol. The van der Waals surface area contributed by atoms with Gasteiger partial charge in [0, 0.05) is 25.3 Å². The fraction of sp³-hybridized carbons (Fsp3) is 0.350. The average Bonchev–Trinajstić information content (AvgIpc) is 3.19. The molecule has 0 bridgehead atoms. The molecule has 0 spiro atoms. The molecule has 0 aliphatic carbocycles. The lowest BCUT2D eigenvalue weighted by atomic mass is 10.1. The fourth-order valence-electron chi connectivity index (χ4n) is 3.74. The summed E-state index contributed by atoms with van der Waals surface area (Å²) in [5.41, 5.74) is 1.31. The van der Waals surface area contributed by atoms with E-state index in [4.69, 9.17) is 11.6 Å². The van der Waals surface area contributed by atoms with Crippen LogP contribution in [0.1, 0.15) is 18.4 Å². The number of carbonyl (C=O) groups excluding carboxylic acids is 1. The molecule has 158 valence electrons. The number of amides is 1. The third-order valence-electron chi connectivity index (χ3n) is 5.21. The highest BCUT2D eigenvalue weighted by Crippen LogP contribution is 2.28. The molecule has 1 aliphatic rings. The van der Waals surface area contributed by atoms with Crippen molar-refractivity contribution in [2.24, 2.45) is 0 Å². The molecule has 1 saturated heterocycles. The van der Waals surface area contributed by atoms with Crippen LogP contribution < -0.4 is 10.2 Å². The highest BCUT2D eigenvalue weighted by molar-refractivity contribution is 7.90. The third-order valence-corrected chi connectivity index (χ3v) is 7.14. The summed E-state index contributed by atoms with van der Waals surface area (Å²) in [5, 5.41) is 3.57. The van der Waals surface area contributed by atoms with Crippen LogP contribution in [0.4, 0.5) is 5.82 Å². The van der Waals surface area contributed by atoms with E-state index < -0.39 is 10.0 Å². The molecule has 1 aromatic carbocycles. The minimum atomic E-state index is -3.78. The molecule has 1 fully saturated rings. The Balaban J connectivity index is 1.69. The van der Waals surface area contributed by atoms with Gasteiger partial charge >= 0.3 is 0 Å². The minimum Gasteiger partial charge on any atom is -0.354 e. The Morgan fingerprint density at radius 1 is 1.23 bits per heavy atom. The lowest BCUT2D eigenvalue weighted by Gasteiger charge is -2.34. The maximum absolute atomic E-state index is 13.1. The summed E-state index contributed by atoms with van der Waals surface area (Å²) >= 11 is 5.60. The van der Waals surface area contributed by atoms with Gasteiger partial charge in [-0.2, -0.15) is 0 Å². The smallest absolute Gasteiger partial charge is 0.269 e. The second-order valence-corrected chi connectivity index (χ2v) is 9.43. The minimum absolute atomic E-state index is 0.0339. The zero-order valence-electron chi connectivity index (χ0n) is 16.5. The van der Waals surface area contributed by atoms with Gasteiger partial charge in [0.1, 0.15) is 18.0 Å². The van der Waals surface area contributed by atoms with Crippen molar-refractivity contribution in [2.45, 2.75) is 30.7 Å². The summed E-state index contributed by atoms with van der Waals surface area (Å²) in [4.78, 5) is 22.6. The van der Waals surface area contributed by atoms with E-state index >= 15 is 0 Å². The van der Waals surface area contributed by atoms with Crippen LogP contribution in [0, 0.1) is 6.92 Å². The summed E-state index contributed by atoms with van der Waals surface area (Å²) in [6, 6.07) is 8.40. The number of nitrogens with one attached hydrogen (secondary N) is 1. The van der Waals surface area contributed by atoms with Crippen molar-refractivity contribution < 1.29 is 13.2 Å². The Labute approximate surface area is 179 Å². The number of nitrogens with zero attached hydrogens (tertiary/aromatic N) is 4. The summed E-state index contributed by atoms with van der Waals surface area (Å²) in [5.74, 6) is 0.378. The SMILES string of the molecule is Cc1ccc(S(=O)(=O)n2ccc3c(N4CCCC(NC(=O)CCl)C4)ncnc32)cc1. The molecule has 0 radical (unpaired) electrons. The lowest BCUT2D eigenvalue weighted by molar-refractivity contribution is -0.119. The van der Waals surface area contributed by atoms with Gasteiger partial charge in [0.25, 0.3) is 10.0 Å². The number of benzene rings is 1. The van der Waals surface area contributed by atoms with Crippen LogP contribution in [0.25, 0.3) is 11.0 Å². The van der Waals surface area contributed by atoms with Crippen molar-refractivity contribution in [3.8, 4) is 0 Å². The van der Waals surface area contributed by atoms with E-state index in [2.05, 4.69) is 20.2 Å². The lowest BCUT2D eigenvalue weighted by Crippen LogP contribution is -2.48. The standard InChI is InChI=1S/C20H22ClN5O3S/c1-14-4-6-16(7-5-14)30(28,29)26-10-8-17-19(22-13-23-20(17)26)25-9-2-3-15(12-25)24-18(27)11-21/h4-8,10,13,15H,2-3,9,11-12H2,1H3,(H,24,27). The van der Waals surface area contributed by atoms with Crippen LogP contribution in [-0.4, -0.2) is 53.3 Å². The van der Waals surface area contributed by atoms with Crippen LogP contribution in [0.15, 0.2) is 47.8 Å². The first-order valence-corrected chi connectivity index (χ1v) is 11.6. The van der Waals surface area contributed by atoms with Crippen molar-refractivity contribution in [2.75, 3.05) is 23.9 Å². The quantitative estimate of drug-likeness (QED) is 0.603. The van der Waals surface area contributed by atoms with Crippen LogP contribution in [0.2, 0.25) is 0 Å². The first-order valence-electron chi connectivity index (χ1n) is 9.64. The van der Waals surface area contributed by atoms with Gasteiger partial charge in [-0.05, 0) is 38.0 Å². The predicted octanol–water partition coefficient (Wildman–Crippen LogP) is 2.30. The topological polar surface area (TPSA) is 97.2 Å². The fourth-order valence-corrected chi connectivity index (χ4v) is 5.12. The van der Waals surface area contributed by atoms with Crippen molar-refractivity contribution >= 4 is 44.4 Å². The number of rotatable bonds is 5. The first kappa shape index (κ1) is 20.6. The Hall–Kier alpha value is -2.65. The maximum Gasteiger partial charge on any atom is 0.269 e. The van der Waals surface area contributed by atoms with E-state index in [-0.39, 0.29) is 22.7 Å². The van der Waals surface area contributed by atoms with Gasteiger partial charge in [0.2, 0.25) is 5.91 Å². The number of alkyl halides is 1. The summed E-state index contributed by atoms with van der Waals surface area (Å²) < 4.78 is 27.5. The third kappa shape index (κ3) is 3.87. The van der Waals surface area contributed by atoms with E-state index in [0.29, 0.717) is 23.4 Å². The normalized spacial score (nSPS) is 17.3. The largest absolute Gasteiger partial charge is 0.354 e. The first-order chi connectivity index (χ1) is 14.4. The number of carbonyl (C=O) groups is 1. The van der Waals surface area contributed by atoms with E-state index in [0.717, 1.165) is 24.9 Å². The van der Waals surface area contributed by atoms with Crippen molar-refractivity contribution in [1.29, 1.82) is 0 Å². The molecule has 1 atom stereocenters. The van der Waals surface area contributed by atoms with Gasteiger partial charge in [0.05, 0.1) is 10.3 Å². The van der Waals surface area contributed by atoms with Gasteiger partial charge in [-0.1, -0.05) is 17.7 Å². The molecule has 0 saturated carbocycles. The molecule has 1 unspecified atom stereocenters. The number of hydrogen-bond acceptors (Lipinski definition) is 6. The molecule has 1 N–H and O–H groups in total. The Morgan fingerprint density at radius 2 is 2.00 bits per heavy atom. The molecule has 4 rings (SSSR count). The van der Waals surface area contributed by atoms with E-state index in [1.165, 1.54) is 16.5 Å². The molecule has 10 heteroatoms. The zero-order valence-corrected chi connectivity index (χ0v) is 18.0. The molecule has 8 nitrogen and oxygen atoms in total. The summed E-state index contributed by atoms with van der Waals surface area (Å²) in [7, 11) is -3.78. The number of halogens is 1. The second kappa shape index (κ2) is 8.23. The van der Waals surface area contributed by atoms with Crippen LogP contribution in [0.3, 0.4) is 0 Å². The number of aryl methyl sites for hydroxylation is 1. The molecule has 1 amide bonds. The molecular formula is C20H22ClN5O3S. The van der Waals surface area contributed by atoms with Gasteiger partial charge in [-0.25, -0.2) is 22.4 Å². The summed E-state index contributed by atoms with van der Waals surface area (Å²) in [6.45, 7) is 3.24. The molecule has 3 heterocycles. The number of anilines is 1. The van der Waals surface area contributed by atoms with Crippen LogP contribution in [-0.2, 0) is 14.8 Å². The number of aromatic nitrogens is 3. The van der Waals surface area contributed by atoms with Crippen LogP contribution >= 0.6 is 11.6 Å². The number of fused-ring (bicyclic) bond motifs is 1. The van der Waals surface area contributed by atoms with Crippen molar-refractivity contribution in [3.63, 3.8) is 0 Å².